The average Bonchev–Trinajstić information content (AvgIpc) is 2.43. The molecule has 0 spiro atoms. The summed E-state index contributed by atoms with van der Waals surface area (Å²) in [7, 11) is -4.13. The molecule has 104 valence electrons. The highest BCUT2D eigenvalue weighted by atomic mass is 32.2. The van der Waals surface area contributed by atoms with Crippen LogP contribution < -0.4 is 0 Å². The van der Waals surface area contributed by atoms with E-state index in [1.165, 1.54) is 0 Å². The third kappa shape index (κ3) is 11.5. The Balaban J connectivity index is 0.000000341. The lowest BCUT2D eigenvalue weighted by molar-refractivity contribution is 0.462. The molecular weight excluding hydrogens is 280 g/mol. The van der Waals surface area contributed by atoms with Crippen molar-refractivity contribution in [2.75, 3.05) is 6.26 Å². The lowest BCUT2D eigenvalue weighted by atomic mass is 10.2. The molecule has 0 aliphatic heterocycles. The standard InChI is InChI=1S/C7H8O3S.C6H6.CH4S/c8-11(9,10)6-7-4-2-1-3-5-7;1-2-4-6-5-3-1;1-2/h1-5H,6H2,(H,8,9,10);1-6H;2H,1H3. The Morgan fingerprint density at radius 3 is 1.47 bits per heavy atom. The smallest absolute Gasteiger partial charge is 0.0988 e. The summed E-state index contributed by atoms with van der Waals surface area (Å²) >= 11 is 2.97. The van der Waals surface area contributed by atoms with E-state index in [-0.39, 0.29) is 0 Å². The number of hydrogen-bond donors (Lipinski definition) is 0. The van der Waals surface area contributed by atoms with Gasteiger partial charge in [0.1, 0.15) is 0 Å². The second-order valence-electron chi connectivity index (χ2n) is 3.34. The second kappa shape index (κ2) is 10.6. The van der Waals surface area contributed by atoms with Crippen LogP contribution in [0.3, 0.4) is 0 Å². The number of rotatable bonds is 2. The normalized spacial score (nSPS) is 9.42. The van der Waals surface area contributed by atoms with Gasteiger partial charge in [0.25, 0.3) is 0 Å². The van der Waals surface area contributed by atoms with Gasteiger partial charge in [0.2, 0.25) is 0 Å². The molecule has 0 N–H and O–H groups in total. The fraction of sp³-hybridized carbons (Fsp3) is 0.143. The maximum Gasteiger partial charge on any atom is 0.0988 e. The molecule has 0 heterocycles. The van der Waals surface area contributed by atoms with Gasteiger partial charge >= 0.3 is 0 Å². The molecule has 2 aromatic rings. The van der Waals surface area contributed by atoms with E-state index >= 15 is 0 Å². The van der Waals surface area contributed by atoms with Crippen LogP contribution in [0, 0.1) is 0 Å². The quantitative estimate of drug-likeness (QED) is 0.630. The van der Waals surface area contributed by atoms with E-state index in [4.69, 9.17) is 0 Å². The molecule has 0 radical (unpaired) electrons. The van der Waals surface area contributed by atoms with Gasteiger partial charge in [0.15, 0.2) is 0 Å². The van der Waals surface area contributed by atoms with Gasteiger partial charge in [0, 0.05) is 0 Å². The predicted octanol–water partition coefficient (Wildman–Crippen LogP) is 2.05. The topological polar surface area (TPSA) is 57.2 Å². The van der Waals surface area contributed by atoms with E-state index in [9.17, 15) is 13.0 Å². The van der Waals surface area contributed by atoms with E-state index in [0.29, 0.717) is 5.56 Å². The Labute approximate surface area is 120 Å². The van der Waals surface area contributed by atoms with Crippen molar-refractivity contribution < 1.29 is 13.0 Å². The highest BCUT2D eigenvalue weighted by Crippen LogP contribution is 2.02. The fourth-order valence-electron chi connectivity index (χ4n) is 1.16. The summed E-state index contributed by atoms with van der Waals surface area (Å²) in [4.78, 5) is 0. The van der Waals surface area contributed by atoms with E-state index < -0.39 is 15.9 Å². The first-order chi connectivity index (χ1) is 9.08. The van der Waals surface area contributed by atoms with Crippen LogP contribution in [0.15, 0.2) is 66.7 Å². The minimum Gasteiger partial charge on any atom is -0.748 e. The van der Waals surface area contributed by atoms with Gasteiger partial charge in [-0.2, -0.15) is 0 Å². The predicted molar refractivity (Wildman–Crippen MR) is 82.4 cm³/mol. The van der Waals surface area contributed by atoms with Crippen LogP contribution in [0.25, 0.3) is 0 Å². The van der Waals surface area contributed by atoms with Crippen molar-refractivity contribution in [1.82, 2.24) is 0 Å². The largest absolute Gasteiger partial charge is 0.748 e. The molecule has 3 nitrogen and oxygen atoms in total. The Morgan fingerprint density at radius 2 is 1.16 bits per heavy atom. The first kappa shape index (κ1) is 17.7. The van der Waals surface area contributed by atoms with Crippen LogP contribution in [-0.2, 0) is 28.5 Å². The monoisotopic (exact) mass is 298 g/mol. The molecule has 0 saturated heterocycles. The average molecular weight is 298 g/mol. The molecule has 0 bridgehead atoms. The Hall–Kier alpha value is -1.30. The van der Waals surface area contributed by atoms with E-state index in [0.717, 1.165) is 0 Å². The molecule has 0 amide bonds. The third-order valence-electron chi connectivity index (χ3n) is 1.85. The number of benzene rings is 2. The van der Waals surface area contributed by atoms with E-state index in [2.05, 4.69) is 12.6 Å². The summed E-state index contributed by atoms with van der Waals surface area (Å²) in [6.07, 6.45) is 1.81. The summed E-state index contributed by atoms with van der Waals surface area (Å²) < 4.78 is 30.7. The summed E-state index contributed by atoms with van der Waals surface area (Å²) in [5.74, 6) is -0.423. The number of hydrogen-bond acceptors (Lipinski definition) is 3. The molecule has 0 atom stereocenters. The first-order valence-electron chi connectivity index (χ1n) is 5.55. The van der Waals surface area contributed by atoms with Gasteiger partial charge in [-0.1, -0.05) is 66.7 Å². The van der Waals surface area contributed by atoms with Crippen molar-refractivity contribution in [1.29, 1.82) is 0 Å². The molecule has 2 rings (SSSR count). The Morgan fingerprint density at radius 1 is 0.842 bits per heavy atom. The first-order valence-corrected chi connectivity index (χ1v) is 8.13. The maximum absolute atomic E-state index is 10.2. The molecule has 19 heavy (non-hydrogen) atoms. The van der Waals surface area contributed by atoms with Crippen LogP contribution in [0.2, 0.25) is 0 Å². The van der Waals surface area contributed by atoms with Crippen LogP contribution in [-0.4, -0.2) is 19.2 Å². The molecular formula is C14H18O3S2. The molecule has 0 saturated carbocycles. The van der Waals surface area contributed by atoms with Crippen molar-refractivity contribution in [2.45, 2.75) is 5.75 Å². The van der Waals surface area contributed by atoms with Crippen molar-refractivity contribution in [2.24, 2.45) is 0 Å². The van der Waals surface area contributed by atoms with Crippen LogP contribution in [0.4, 0.5) is 0 Å². The van der Waals surface area contributed by atoms with Crippen LogP contribution in [0.5, 0.6) is 0 Å². The second-order valence-corrected chi connectivity index (χ2v) is 4.75. The SMILES string of the molecule is C[SH2+].O=S(=O)([O-])Cc1ccccc1.c1ccccc1. The molecule has 0 unspecified atom stereocenters. The zero-order valence-corrected chi connectivity index (χ0v) is 12.5. The fourth-order valence-corrected chi connectivity index (χ4v) is 1.76. The minimum absolute atomic E-state index is 0.423. The molecule has 0 aliphatic rings. The summed E-state index contributed by atoms with van der Waals surface area (Å²) in [5.41, 5.74) is 0.530. The third-order valence-corrected chi connectivity index (χ3v) is 2.54. The summed E-state index contributed by atoms with van der Waals surface area (Å²) in [6, 6.07) is 20.4. The van der Waals surface area contributed by atoms with E-state index in [1.54, 1.807) is 36.6 Å². The van der Waals surface area contributed by atoms with Crippen LogP contribution >= 0.6 is 0 Å². The van der Waals surface area contributed by atoms with Crippen LogP contribution in [0.1, 0.15) is 5.56 Å². The lowest BCUT2D eigenvalue weighted by Crippen LogP contribution is -2.01. The highest BCUT2D eigenvalue weighted by Gasteiger charge is 1.95. The lowest BCUT2D eigenvalue weighted by Gasteiger charge is -2.05. The molecule has 0 aliphatic carbocycles. The summed E-state index contributed by atoms with van der Waals surface area (Å²) in [6.45, 7) is 0. The Bertz CT molecular complexity index is 484. The van der Waals surface area contributed by atoms with Crippen molar-refractivity contribution in [3.05, 3.63) is 72.3 Å². The minimum atomic E-state index is -4.13. The molecule has 2 aromatic carbocycles. The van der Waals surface area contributed by atoms with Gasteiger partial charge in [-0.25, -0.2) is 8.42 Å². The highest BCUT2D eigenvalue weighted by molar-refractivity contribution is 7.84. The van der Waals surface area contributed by atoms with Crippen molar-refractivity contribution >= 4 is 22.7 Å². The van der Waals surface area contributed by atoms with Gasteiger partial charge in [-0.15, -0.1) is 0 Å². The molecule has 5 heteroatoms. The molecule has 0 fully saturated rings. The maximum atomic E-state index is 10.2. The summed E-state index contributed by atoms with van der Waals surface area (Å²) in [5, 5.41) is 0. The van der Waals surface area contributed by atoms with Crippen molar-refractivity contribution in [3.63, 3.8) is 0 Å². The zero-order valence-electron chi connectivity index (χ0n) is 10.7. The zero-order chi connectivity index (χ0) is 14.6. The van der Waals surface area contributed by atoms with Crippen molar-refractivity contribution in [3.8, 4) is 0 Å². The van der Waals surface area contributed by atoms with Gasteiger partial charge in [-0.3, -0.25) is 0 Å². The van der Waals surface area contributed by atoms with Gasteiger partial charge in [-0.05, 0) is 18.2 Å². The van der Waals surface area contributed by atoms with Gasteiger partial charge in [0.05, 0.1) is 22.1 Å². The Kier molecular flexibility index (Phi) is 9.88. The van der Waals surface area contributed by atoms with Gasteiger partial charge < -0.3 is 4.55 Å². The van der Waals surface area contributed by atoms with E-state index in [1.807, 2.05) is 36.4 Å². The molecule has 0 aromatic heterocycles.